The van der Waals surface area contributed by atoms with E-state index in [1.54, 1.807) is 24.3 Å². The van der Waals surface area contributed by atoms with Crippen molar-refractivity contribution in [3.05, 3.63) is 35.7 Å². The van der Waals surface area contributed by atoms with Gasteiger partial charge >= 0.3 is 5.97 Å². The Morgan fingerprint density at radius 1 is 1.27 bits per heavy atom. The zero-order valence-electron chi connectivity index (χ0n) is 15.2. The summed E-state index contributed by atoms with van der Waals surface area (Å²) in [6.07, 6.45) is 0. The Labute approximate surface area is 152 Å². The Morgan fingerprint density at radius 3 is 2.69 bits per heavy atom. The molecular formula is C18H24N4O4. The third-order valence-electron chi connectivity index (χ3n) is 4.34. The van der Waals surface area contributed by atoms with Gasteiger partial charge in [0, 0.05) is 31.7 Å². The minimum atomic E-state index is -0.368. The number of rotatable bonds is 7. The van der Waals surface area contributed by atoms with Gasteiger partial charge in [-0.25, -0.2) is 4.79 Å². The fourth-order valence-electron chi connectivity index (χ4n) is 2.76. The Bertz CT molecular complexity index is 710. The second kappa shape index (κ2) is 8.88. The number of carbonyl (C=O) groups excluding carboxylic acids is 1. The third kappa shape index (κ3) is 4.87. The molecule has 1 fully saturated rings. The molecular weight excluding hydrogens is 336 g/mol. The van der Waals surface area contributed by atoms with Crippen molar-refractivity contribution < 1.29 is 18.8 Å². The van der Waals surface area contributed by atoms with Crippen molar-refractivity contribution >= 4 is 5.97 Å². The van der Waals surface area contributed by atoms with Gasteiger partial charge < -0.3 is 14.0 Å². The molecule has 26 heavy (non-hydrogen) atoms. The first kappa shape index (κ1) is 18.5. The molecule has 2 heterocycles. The zero-order chi connectivity index (χ0) is 18.4. The Hall–Kier alpha value is -2.29. The van der Waals surface area contributed by atoms with E-state index in [1.807, 2.05) is 7.05 Å². The van der Waals surface area contributed by atoms with Gasteiger partial charge in [0.25, 0.3) is 0 Å². The van der Waals surface area contributed by atoms with Crippen molar-refractivity contribution in [3.63, 3.8) is 0 Å². The summed E-state index contributed by atoms with van der Waals surface area (Å²) in [5.74, 6) is 0.715. The van der Waals surface area contributed by atoms with Crippen LogP contribution in [0.15, 0.2) is 28.8 Å². The molecule has 0 amide bonds. The molecule has 0 saturated carbocycles. The molecule has 0 spiro atoms. The van der Waals surface area contributed by atoms with Gasteiger partial charge in [0.05, 0.1) is 32.4 Å². The summed E-state index contributed by atoms with van der Waals surface area (Å²) in [7, 11) is 3.40. The van der Waals surface area contributed by atoms with E-state index in [-0.39, 0.29) is 5.97 Å². The summed E-state index contributed by atoms with van der Waals surface area (Å²) < 4.78 is 15.4. The minimum absolute atomic E-state index is 0.368. The summed E-state index contributed by atoms with van der Waals surface area (Å²) >= 11 is 0. The highest BCUT2D eigenvalue weighted by atomic mass is 16.5. The molecule has 0 N–H and O–H groups in total. The van der Waals surface area contributed by atoms with Crippen LogP contribution in [0.25, 0.3) is 11.4 Å². The topological polar surface area (TPSA) is 80.9 Å². The molecule has 1 saturated heterocycles. The molecule has 2 aromatic rings. The molecule has 0 atom stereocenters. The number of carbonyl (C=O) groups is 1. The van der Waals surface area contributed by atoms with Crippen molar-refractivity contribution in [1.29, 1.82) is 0 Å². The van der Waals surface area contributed by atoms with Crippen LogP contribution in [0.5, 0.6) is 0 Å². The predicted molar refractivity (Wildman–Crippen MR) is 94.7 cm³/mol. The van der Waals surface area contributed by atoms with Gasteiger partial charge in [0.2, 0.25) is 11.7 Å². The molecule has 1 aliphatic rings. The molecule has 140 valence electrons. The van der Waals surface area contributed by atoms with Crippen LogP contribution >= 0.6 is 0 Å². The van der Waals surface area contributed by atoms with Crippen LogP contribution in [-0.2, 0) is 16.0 Å². The van der Waals surface area contributed by atoms with Crippen LogP contribution in [0.4, 0.5) is 0 Å². The molecule has 0 aliphatic carbocycles. The van der Waals surface area contributed by atoms with Crippen molar-refractivity contribution in [1.82, 2.24) is 19.9 Å². The zero-order valence-corrected chi connectivity index (χ0v) is 15.2. The molecule has 3 rings (SSSR count). The van der Waals surface area contributed by atoms with Gasteiger partial charge in [-0.3, -0.25) is 9.80 Å². The largest absolute Gasteiger partial charge is 0.465 e. The van der Waals surface area contributed by atoms with E-state index in [4.69, 9.17) is 14.0 Å². The van der Waals surface area contributed by atoms with Crippen LogP contribution in [0, 0.1) is 0 Å². The van der Waals surface area contributed by atoms with Crippen molar-refractivity contribution in [3.8, 4) is 11.4 Å². The van der Waals surface area contributed by atoms with Crippen LogP contribution < -0.4 is 0 Å². The second-order valence-corrected chi connectivity index (χ2v) is 6.27. The van der Waals surface area contributed by atoms with Gasteiger partial charge in [0.15, 0.2) is 0 Å². The molecule has 8 heteroatoms. The SMILES string of the molecule is COC(=O)c1ccc(-c2noc(CN(C)CCN3CCOCC3)n2)cc1. The Balaban J connectivity index is 1.53. The van der Waals surface area contributed by atoms with E-state index in [1.165, 1.54) is 7.11 Å². The summed E-state index contributed by atoms with van der Waals surface area (Å²) in [6.45, 7) is 6.11. The van der Waals surface area contributed by atoms with E-state index in [2.05, 4.69) is 19.9 Å². The van der Waals surface area contributed by atoms with Crippen molar-refractivity contribution in [2.24, 2.45) is 0 Å². The summed E-state index contributed by atoms with van der Waals surface area (Å²) in [6, 6.07) is 6.93. The lowest BCUT2D eigenvalue weighted by Crippen LogP contribution is -2.40. The standard InChI is InChI=1S/C18H24N4O4/c1-21(7-8-22-9-11-25-12-10-22)13-16-19-17(20-26-16)14-3-5-15(6-4-14)18(23)24-2/h3-6H,7-13H2,1-2H3. The molecule has 8 nitrogen and oxygen atoms in total. The van der Waals surface area contributed by atoms with Crippen molar-refractivity contribution in [2.75, 3.05) is 53.6 Å². The number of esters is 1. The van der Waals surface area contributed by atoms with Gasteiger partial charge in [-0.2, -0.15) is 4.98 Å². The third-order valence-corrected chi connectivity index (χ3v) is 4.34. The highest BCUT2D eigenvalue weighted by Crippen LogP contribution is 2.17. The highest BCUT2D eigenvalue weighted by molar-refractivity contribution is 5.89. The quantitative estimate of drug-likeness (QED) is 0.683. The smallest absolute Gasteiger partial charge is 0.337 e. The number of hydrogen-bond donors (Lipinski definition) is 0. The number of likely N-dealkylation sites (N-methyl/N-ethyl adjacent to an activating group) is 1. The Morgan fingerprint density at radius 2 is 2.00 bits per heavy atom. The maximum atomic E-state index is 11.5. The average Bonchev–Trinajstić information content (AvgIpc) is 3.15. The van der Waals surface area contributed by atoms with Crippen molar-refractivity contribution in [2.45, 2.75) is 6.54 Å². The van der Waals surface area contributed by atoms with E-state index in [0.717, 1.165) is 45.0 Å². The number of nitrogens with zero attached hydrogens (tertiary/aromatic N) is 4. The highest BCUT2D eigenvalue weighted by Gasteiger charge is 2.14. The lowest BCUT2D eigenvalue weighted by atomic mass is 10.1. The maximum absolute atomic E-state index is 11.5. The van der Waals surface area contributed by atoms with Crippen LogP contribution in [-0.4, -0.2) is 79.5 Å². The molecule has 0 unspecified atom stereocenters. The minimum Gasteiger partial charge on any atom is -0.465 e. The lowest BCUT2D eigenvalue weighted by molar-refractivity contribution is 0.0338. The van der Waals surface area contributed by atoms with Gasteiger partial charge in [-0.05, 0) is 19.2 Å². The van der Waals surface area contributed by atoms with E-state index in [0.29, 0.717) is 23.8 Å². The fraction of sp³-hybridized carbons (Fsp3) is 0.500. The lowest BCUT2D eigenvalue weighted by Gasteiger charge is -2.28. The summed E-state index contributed by atoms with van der Waals surface area (Å²) in [5.41, 5.74) is 1.28. The first-order valence-electron chi connectivity index (χ1n) is 8.65. The predicted octanol–water partition coefficient (Wildman–Crippen LogP) is 1.29. The fourth-order valence-corrected chi connectivity index (χ4v) is 2.76. The molecule has 0 radical (unpaired) electrons. The Kier molecular flexibility index (Phi) is 6.32. The summed E-state index contributed by atoms with van der Waals surface area (Å²) in [5, 5.41) is 4.03. The number of ether oxygens (including phenoxy) is 2. The normalized spacial score (nSPS) is 15.3. The molecule has 1 aliphatic heterocycles. The molecule has 0 bridgehead atoms. The number of morpholine rings is 1. The summed E-state index contributed by atoms with van der Waals surface area (Å²) in [4.78, 5) is 20.5. The monoisotopic (exact) mass is 360 g/mol. The van der Waals surface area contributed by atoms with Crippen LogP contribution in [0.1, 0.15) is 16.2 Å². The van der Waals surface area contributed by atoms with E-state index >= 15 is 0 Å². The van der Waals surface area contributed by atoms with Gasteiger partial charge in [-0.15, -0.1) is 0 Å². The molecule has 1 aromatic carbocycles. The maximum Gasteiger partial charge on any atom is 0.337 e. The first-order chi connectivity index (χ1) is 12.7. The first-order valence-corrected chi connectivity index (χ1v) is 8.65. The number of aromatic nitrogens is 2. The van der Waals surface area contributed by atoms with E-state index < -0.39 is 0 Å². The average molecular weight is 360 g/mol. The number of methoxy groups -OCH3 is 1. The number of benzene rings is 1. The van der Waals surface area contributed by atoms with E-state index in [9.17, 15) is 4.79 Å². The van der Waals surface area contributed by atoms with Gasteiger partial charge in [-0.1, -0.05) is 17.3 Å². The van der Waals surface area contributed by atoms with Gasteiger partial charge in [0.1, 0.15) is 0 Å². The second-order valence-electron chi connectivity index (χ2n) is 6.27. The van der Waals surface area contributed by atoms with Crippen LogP contribution in [0.3, 0.4) is 0 Å². The number of hydrogen-bond acceptors (Lipinski definition) is 8. The molecule has 1 aromatic heterocycles. The van der Waals surface area contributed by atoms with Crippen LogP contribution in [0.2, 0.25) is 0 Å².